The quantitative estimate of drug-likeness (QED) is 0.470. The normalized spacial score (nSPS) is 11.0. The monoisotopic (exact) mass is 192 g/mol. The van der Waals surface area contributed by atoms with Crippen LogP contribution >= 0.6 is 0 Å². The molecule has 2 heterocycles. The Morgan fingerprint density at radius 3 is 1.93 bits per heavy atom. The number of aromatic nitrogens is 4. The van der Waals surface area contributed by atoms with E-state index in [0.29, 0.717) is 13.1 Å². The number of nitrogens with one attached hydrogen (secondary N) is 2. The predicted octanol–water partition coefficient (Wildman–Crippen LogP) is 0.00870. The van der Waals surface area contributed by atoms with Crippen molar-refractivity contribution in [3.8, 4) is 0 Å². The fraction of sp³-hybridized carbons (Fsp3) is 0.250. The van der Waals surface area contributed by atoms with Crippen molar-refractivity contribution in [3.63, 3.8) is 0 Å². The molecule has 0 aromatic carbocycles. The summed E-state index contributed by atoms with van der Waals surface area (Å²) in [5, 5.41) is 1.64. The average molecular weight is 192 g/mol. The van der Waals surface area contributed by atoms with E-state index in [1.165, 1.54) is 0 Å². The Bertz CT molecular complexity index is 315. The van der Waals surface area contributed by atoms with Crippen molar-refractivity contribution in [2.24, 2.45) is 5.84 Å². The molecule has 0 spiro atoms. The Morgan fingerprint density at radius 2 is 1.57 bits per heavy atom. The molecule has 6 heteroatoms. The molecule has 0 radical (unpaired) electrons. The van der Waals surface area contributed by atoms with Gasteiger partial charge in [0.15, 0.2) is 0 Å². The molecular weight excluding hydrogens is 180 g/mol. The molecule has 74 valence electrons. The first-order valence-electron chi connectivity index (χ1n) is 4.31. The van der Waals surface area contributed by atoms with E-state index in [4.69, 9.17) is 5.84 Å². The molecule has 0 aliphatic rings. The van der Waals surface area contributed by atoms with Gasteiger partial charge in [-0.25, -0.2) is 15.0 Å². The Morgan fingerprint density at radius 1 is 1.07 bits per heavy atom. The van der Waals surface area contributed by atoms with Crippen LogP contribution in [0.4, 0.5) is 0 Å². The van der Waals surface area contributed by atoms with Crippen LogP contribution in [0.2, 0.25) is 0 Å². The van der Waals surface area contributed by atoms with Crippen LogP contribution in [-0.2, 0) is 13.1 Å². The molecule has 0 saturated carbocycles. The lowest BCUT2D eigenvalue weighted by Gasteiger charge is -2.12. The number of H-pyrrole nitrogens is 2. The van der Waals surface area contributed by atoms with Crippen molar-refractivity contribution in [1.29, 1.82) is 0 Å². The van der Waals surface area contributed by atoms with Gasteiger partial charge >= 0.3 is 0 Å². The molecule has 0 saturated heterocycles. The third-order valence-electron chi connectivity index (χ3n) is 1.82. The van der Waals surface area contributed by atoms with Crippen LogP contribution in [0.5, 0.6) is 0 Å². The number of nitrogens with zero attached hydrogens (tertiary/aromatic N) is 3. The summed E-state index contributed by atoms with van der Waals surface area (Å²) in [7, 11) is 0. The largest absolute Gasteiger partial charge is 0.347 e. The highest BCUT2D eigenvalue weighted by Crippen LogP contribution is 1.98. The van der Waals surface area contributed by atoms with Gasteiger partial charge in [-0.1, -0.05) is 0 Å². The van der Waals surface area contributed by atoms with Crippen LogP contribution in [0.15, 0.2) is 24.8 Å². The zero-order chi connectivity index (χ0) is 9.80. The summed E-state index contributed by atoms with van der Waals surface area (Å²) in [6.07, 6.45) is 6.96. The number of nitrogens with two attached hydrogens (primary N) is 1. The van der Waals surface area contributed by atoms with E-state index in [-0.39, 0.29) is 0 Å². The molecule has 4 N–H and O–H groups in total. The van der Waals surface area contributed by atoms with Crippen molar-refractivity contribution in [2.45, 2.75) is 13.1 Å². The highest BCUT2D eigenvalue weighted by molar-refractivity contribution is 4.89. The third kappa shape index (κ3) is 2.18. The van der Waals surface area contributed by atoms with Crippen LogP contribution < -0.4 is 5.84 Å². The summed E-state index contributed by atoms with van der Waals surface area (Å²) in [6, 6.07) is 0. The van der Waals surface area contributed by atoms with E-state index in [2.05, 4.69) is 19.9 Å². The average Bonchev–Trinajstić information content (AvgIpc) is 2.76. The summed E-state index contributed by atoms with van der Waals surface area (Å²) in [6.45, 7) is 1.15. The van der Waals surface area contributed by atoms with Gasteiger partial charge in [0.1, 0.15) is 11.6 Å². The Kier molecular flexibility index (Phi) is 2.57. The molecule has 6 nitrogen and oxygen atoms in total. The fourth-order valence-corrected chi connectivity index (χ4v) is 1.21. The van der Waals surface area contributed by atoms with Gasteiger partial charge in [0.05, 0.1) is 13.1 Å². The number of imidazole rings is 2. The van der Waals surface area contributed by atoms with Crippen molar-refractivity contribution >= 4 is 0 Å². The van der Waals surface area contributed by atoms with Gasteiger partial charge in [0.25, 0.3) is 0 Å². The van der Waals surface area contributed by atoms with Gasteiger partial charge in [0, 0.05) is 24.8 Å². The maximum absolute atomic E-state index is 5.77. The molecule has 0 unspecified atom stereocenters. The maximum Gasteiger partial charge on any atom is 0.121 e. The minimum Gasteiger partial charge on any atom is -0.347 e. The number of rotatable bonds is 4. The molecular formula is C8H12N6. The molecule has 0 amide bonds. The fourth-order valence-electron chi connectivity index (χ4n) is 1.21. The van der Waals surface area contributed by atoms with Gasteiger partial charge in [-0.05, 0) is 0 Å². The molecule has 2 aromatic rings. The van der Waals surface area contributed by atoms with Crippen LogP contribution in [0.25, 0.3) is 0 Å². The first kappa shape index (κ1) is 8.92. The lowest BCUT2D eigenvalue weighted by atomic mass is 10.5. The van der Waals surface area contributed by atoms with Gasteiger partial charge in [-0.3, -0.25) is 5.84 Å². The summed E-state index contributed by atoms with van der Waals surface area (Å²) < 4.78 is 0. The van der Waals surface area contributed by atoms with Gasteiger partial charge < -0.3 is 9.97 Å². The molecule has 2 rings (SSSR count). The Hall–Kier alpha value is -1.66. The number of aromatic amines is 2. The van der Waals surface area contributed by atoms with Crippen LogP contribution in [0, 0.1) is 0 Å². The SMILES string of the molecule is NN(Cc1ncc[nH]1)Cc1ncc[nH]1. The summed E-state index contributed by atoms with van der Waals surface area (Å²) in [5.74, 6) is 7.46. The van der Waals surface area contributed by atoms with Crippen molar-refractivity contribution in [3.05, 3.63) is 36.4 Å². The van der Waals surface area contributed by atoms with Gasteiger partial charge in [-0.15, -0.1) is 0 Å². The van der Waals surface area contributed by atoms with Crippen molar-refractivity contribution in [1.82, 2.24) is 24.9 Å². The second kappa shape index (κ2) is 4.03. The molecule has 14 heavy (non-hydrogen) atoms. The van der Waals surface area contributed by atoms with Crippen LogP contribution in [0.3, 0.4) is 0 Å². The van der Waals surface area contributed by atoms with E-state index in [1.807, 2.05) is 0 Å². The zero-order valence-electron chi connectivity index (χ0n) is 7.64. The van der Waals surface area contributed by atoms with E-state index >= 15 is 0 Å². The minimum atomic E-state index is 0.577. The third-order valence-corrected chi connectivity index (χ3v) is 1.82. The lowest BCUT2D eigenvalue weighted by Crippen LogP contribution is -2.30. The van der Waals surface area contributed by atoms with E-state index < -0.39 is 0 Å². The van der Waals surface area contributed by atoms with E-state index in [0.717, 1.165) is 11.6 Å². The summed E-state index contributed by atoms with van der Waals surface area (Å²) in [5.41, 5.74) is 0. The number of hydrogen-bond donors (Lipinski definition) is 3. The van der Waals surface area contributed by atoms with Crippen molar-refractivity contribution < 1.29 is 0 Å². The van der Waals surface area contributed by atoms with Gasteiger partial charge in [-0.2, -0.15) is 0 Å². The topological polar surface area (TPSA) is 86.6 Å². The standard InChI is InChI=1S/C8H12N6/c9-14(5-7-10-1-2-11-7)6-8-12-3-4-13-8/h1-4H,5-6,9H2,(H,10,11)(H,12,13). The number of hydrogen-bond acceptors (Lipinski definition) is 4. The van der Waals surface area contributed by atoms with Crippen LogP contribution in [0.1, 0.15) is 11.6 Å². The first-order valence-corrected chi connectivity index (χ1v) is 4.31. The second-order valence-corrected chi connectivity index (χ2v) is 2.98. The molecule has 0 aliphatic carbocycles. The summed E-state index contributed by atoms with van der Waals surface area (Å²) >= 11 is 0. The summed E-state index contributed by atoms with van der Waals surface area (Å²) in [4.78, 5) is 14.1. The molecule has 0 fully saturated rings. The lowest BCUT2D eigenvalue weighted by molar-refractivity contribution is 0.254. The highest BCUT2D eigenvalue weighted by atomic mass is 15.4. The molecule has 2 aromatic heterocycles. The zero-order valence-corrected chi connectivity index (χ0v) is 7.64. The Labute approximate surface area is 81.1 Å². The van der Waals surface area contributed by atoms with Gasteiger partial charge in [0.2, 0.25) is 0 Å². The van der Waals surface area contributed by atoms with Crippen LogP contribution in [-0.4, -0.2) is 24.9 Å². The molecule has 0 bridgehead atoms. The predicted molar refractivity (Wildman–Crippen MR) is 50.6 cm³/mol. The van der Waals surface area contributed by atoms with Crippen molar-refractivity contribution in [2.75, 3.05) is 0 Å². The first-order chi connectivity index (χ1) is 6.84. The molecule has 0 aliphatic heterocycles. The second-order valence-electron chi connectivity index (χ2n) is 2.98. The highest BCUT2D eigenvalue weighted by Gasteiger charge is 2.04. The molecule has 0 atom stereocenters. The number of hydrazine groups is 1. The van der Waals surface area contributed by atoms with E-state index in [1.54, 1.807) is 29.8 Å². The smallest absolute Gasteiger partial charge is 0.121 e. The maximum atomic E-state index is 5.77. The Balaban J connectivity index is 1.88. The van der Waals surface area contributed by atoms with E-state index in [9.17, 15) is 0 Å². The minimum absolute atomic E-state index is 0.577.